The Bertz CT molecular complexity index is 412. The lowest BCUT2D eigenvalue weighted by atomic mass is 9.89. The number of hydrogen-bond acceptors (Lipinski definition) is 3. The Kier molecular flexibility index (Phi) is 6.99. The first-order valence-corrected chi connectivity index (χ1v) is 6.88. The van der Waals surface area contributed by atoms with Crippen LogP contribution in [0.4, 0.5) is 0 Å². The molecule has 1 fully saturated rings. The molecule has 3 N–H and O–H groups in total. The van der Waals surface area contributed by atoms with Crippen molar-refractivity contribution < 1.29 is 9.53 Å². The van der Waals surface area contributed by atoms with Crippen LogP contribution in [0.2, 0.25) is 0 Å². The Morgan fingerprint density at radius 1 is 1.45 bits per heavy atom. The minimum Gasteiger partial charge on any atom is -0.373 e. The zero-order valence-electron chi connectivity index (χ0n) is 11.7. The third kappa shape index (κ3) is 4.47. The Morgan fingerprint density at radius 2 is 2.15 bits per heavy atom. The van der Waals surface area contributed by atoms with E-state index >= 15 is 0 Å². The highest BCUT2D eigenvalue weighted by Crippen LogP contribution is 2.32. The van der Waals surface area contributed by atoms with Gasteiger partial charge in [-0.15, -0.1) is 12.4 Å². The maximum absolute atomic E-state index is 11.6. The first-order valence-electron chi connectivity index (χ1n) is 6.88. The van der Waals surface area contributed by atoms with Crippen molar-refractivity contribution in [1.29, 1.82) is 0 Å². The lowest BCUT2D eigenvalue weighted by Crippen LogP contribution is -2.42. The summed E-state index contributed by atoms with van der Waals surface area (Å²) in [5.74, 6) is 0.219. The van der Waals surface area contributed by atoms with Gasteiger partial charge < -0.3 is 15.8 Å². The quantitative estimate of drug-likeness (QED) is 0.894. The summed E-state index contributed by atoms with van der Waals surface area (Å²) in [7, 11) is 0. The van der Waals surface area contributed by atoms with Gasteiger partial charge in [0.1, 0.15) is 0 Å². The summed E-state index contributed by atoms with van der Waals surface area (Å²) in [5.41, 5.74) is 6.74. The van der Waals surface area contributed by atoms with Crippen molar-refractivity contribution in [2.45, 2.75) is 31.9 Å². The Hall–Kier alpha value is -1.10. The molecule has 1 amide bonds. The number of nitrogens with one attached hydrogen (secondary N) is 1. The van der Waals surface area contributed by atoms with Gasteiger partial charge in [0.25, 0.3) is 0 Å². The van der Waals surface area contributed by atoms with Gasteiger partial charge in [0.15, 0.2) is 0 Å². The van der Waals surface area contributed by atoms with Crippen molar-refractivity contribution in [3.05, 3.63) is 35.9 Å². The number of ether oxygens (including phenoxy) is 1. The van der Waals surface area contributed by atoms with Gasteiger partial charge in [0.2, 0.25) is 5.91 Å². The smallest absolute Gasteiger partial charge is 0.236 e. The maximum Gasteiger partial charge on any atom is 0.236 e. The van der Waals surface area contributed by atoms with Crippen LogP contribution in [0.3, 0.4) is 0 Å². The molecule has 0 aliphatic carbocycles. The SMILES string of the molecule is C[C@H](N)C(=O)NCC1CCCOC1c1ccccc1.Cl. The van der Waals surface area contributed by atoms with E-state index in [2.05, 4.69) is 17.4 Å². The summed E-state index contributed by atoms with van der Waals surface area (Å²) >= 11 is 0. The minimum atomic E-state index is -0.459. The highest BCUT2D eigenvalue weighted by atomic mass is 35.5. The predicted molar refractivity (Wildman–Crippen MR) is 81.8 cm³/mol. The minimum absolute atomic E-state index is 0. The standard InChI is InChI=1S/C15H22N2O2.ClH/c1-11(16)15(18)17-10-13-8-5-9-19-14(13)12-6-3-2-4-7-12;/h2-4,6-7,11,13-14H,5,8-10,16H2,1H3,(H,17,18);1H/t11-,13?,14?;/m0./s1. The van der Waals surface area contributed by atoms with Crippen molar-refractivity contribution in [2.75, 3.05) is 13.2 Å². The van der Waals surface area contributed by atoms with E-state index in [0.717, 1.165) is 19.4 Å². The van der Waals surface area contributed by atoms with Crippen molar-refractivity contribution >= 4 is 18.3 Å². The molecule has 112 valence electrons. The summed E-state index contributed by atoms with van der Waals surface area (Å²) < 4.78 is 5.89. The molecule has 1 heterocycles. The fourth-order valence-electron chi connectivity index (χ4n) is 2.46. The van der Waals surface area contributed by atoms with Crippen LogP contribution in [0, 0.1) is 5.92 Å². The summed E-state index contributed by atoms with van der Waals surface area (Å²) in [5, 5.41) is 2.91. The number of hydrogen-bond donors (Lipinski definition) is 2. The van der Waals surface area contributed by atoms with Crippen LogP contribution >= 0.6 is 12.4 Å². The average molecular weight is 299 g/mol. The first kappa shape index (κ1) is 17.0. The third-order valence-corrected chi connectivity index (χ3v) is 3.52. The van der Waals surface area contributed by atoms with Crippen LogP contribution in [0.5, 0.6) is 0 Å². The van der Waals surface area contributed by atoms with Crippen LogP contribution in [0.25, 0.3) is 0 Å². The second-order valence-electron chi connectivity index (χ2n) is 5.14. The lowest BCUT2D eigenvalue weighted by molar-refractivity contribution is -0.122. The molecule has 0 saturated carbocycles. The van der Waals surface area contributed by atoms with Gasteiger partial charge in [-0.3, -0.25) is 4.79 Å². The van der Waals surface area contributed by atoms with Crippen LogP contribution in [0.1, 0.15) is 31.4 Å². The van der Waals surface area contributed by atoms with Gasteiger partial charge in [0.05, 0.1) is 12.1 Å². The Balaban J connectivity index is 0.00000200. The zero-order valence-corrected chi connectivity index (χ0v) is 12.6. The summed E-state index contributed by atoms with van der Waals surface area (Å²) in [6, 6.07) is 9.74. The molecule has 0 bridgehead atoms. The van der Waals surface area contributed by atoms with Crippen molar-refractivity contribution in [1.82, 2.24) is 5.32 Å². The van der Waals surface area contributed by atoms with Crippen molar-refractivity contribution in [2.24, 2.45) is 11.7 Å². The van der Waals surface area contributed by atoms with E-state index in [1.807, 2.05) is 18.2 Å². The molecule has 1 aliphatic heterocycles. The van der Waals surface area contributed by atoms with Crippen molar-refractivity contribution in [3.63, 3.8) is 0 Å². The second-order valence-corrected chi connectivity index (χ2v) is 5.14. The van der Waals surface area contributed by atoms with E-state index in [9.17, 15) is 4.79 Å². The maximum atomic E-state index is 11.6. The largest absolute Gasteiger partial charge is 0.373 e. The normalized spacial score (nSPS) is 23.5. The summed E-state index contributed by atoms with van der Waals surface area (Å²) in [6.07, 6.45) is 2.18. The van der Waals surface area contributed by atoms with Crippen LogP contribution in [0.15, 0.2) is 30.3 Å². The molecule has 2 unspecified atom stereocenters. The summed E-state index contributed by atoms with van der Waals surface area (Å²) in [6.45, 7) is 3.11. The van der Waals surface area contributed by atoms with E-state index in [1.165, 1.54) is 5.56 Å². The number of benzene rings is 1. The number of rotatable bonds is 4. The topological polar surface area (TPSA) is 64.4 Å². The molecule has 1 saturated heterocycles. The monoisotopic (exact) mass is 298 g/mol. The number of carbonyl (C=O) groups excluding carboxylic acids is 1. The van der Waals surface area contributed by atoms with E-state index < -0.39 is 6.04 Å². The molecule has 1 aliphatic rings. The van der Waals surface area contributed by atoms with Gasteiger partial charge >= 0.3 is 0 Å². The molecule has 5 heteroatoms. The molecule has 0 radical (unpaired) electrons. The lowest BCUT2D eigenvalue weighted by Gasteiger charge is -2.32. The Morgan fingerprint density at radius 3 is 2.80 bits per heavy atom. The van der Waals surface area contributed by atoms with E-state index in [0.29, 0.717) is 12.5 Å². The second kappa shape index (κ2) is 8.25. The van der Waals surface area contributed by atoms with Gasteiger partial charge in [0, 0.05) is 19.1 Å². The molecule has 0 spiro atoms. The van der Waals surface area contributed by atoms with Gasteiger partial charge in [-0.05, 0) is 25.3 Å². The molecule has 3 atom stereocenters. The molecule has 1 aromatic rings. The average Bonchev–Trinajstić information content (AvgIpc) is 2.46. The number of nitrogens with two attached hydrogens (primary N) is 1. The van der Waals surface area contributed by atoms with Gasteiger partial charge in [-0.2, -0.15) is 0 Å². The molecule has 20 heavy (non-hydrogen) atoms. The number of halogens is 1. The van der Waals surface area contributed by atoms with E-state index in [1.54, 1.807) is 6.92 Å². The van der Waals surface area contributed by atoms with Crippen LogP contribution < -0.4 is 11.1 Å². The predicted octanol–water partition coefficient (Wildman–Crippen LogP) is 2.04. The van der Waals surface area contributed by atoms with E-state index in [4.69, 9.17) is 10.5 Å². The van der Waals surface area contributed by atoms with Crippen LogP contribution in [-0.2, 0) is 9.53 Å². The molecule has 1 aromatic carbocycles. The first-order chi connectivity index (χ1) is 9.18. The molecule has 0 aromatic heterocycles. The van der Waals surface area contributed by atoms with Gasteiger partial charge in [-0.25, -0.2) is 0 Å². The fraction of sp³-hybridized carbons (Fsp3) is 0.533. The van der Waals surface area contributed by atoms with Crippen LogP contribution in [-0.4, -0.2) is 25.1 Å². The third-order valence-electron chi connectivity index (χ3n) is 3.52. The molecular weight excluding hydrogens is 276 g/mol. The molecule has 4 nitrogen and oxygen atoms in total. The van der Waals surface area contributed by atoms with E-state index in [-0.39, 0.29) is 24.4 Å². The highest BCUT2D eigenvalue weighted by Gasteiger charge is 2.27. The number of carbonyl (C=O) groups is 1. The molecular formula is C15H23ClN2O2. The highest BCUT2D eigenvalue weighted by molar-refractivity contribution is 5.85. The fourth-order valence-corrected chi connectivity index (χ4v) is 2.46. The zero-order chi connectivity index (χ0) is 13.7. The summed E-state index contributed by atoms with van der Waals surface area (Å²) in [4.78, 5) is 11.6. The molecule has 2 rings (SSSR count). The van der Waals surface area contributed by atoms with Crippen molar-refractivity contribution in [3.8, 4) is 0 Å². The Labute approximate surface area is 126 Å². The van der Waals surface area contributed by atoms with Gasteiger partial charge in [-0.1, -0.05) is 30.3 Å². The number of amides is 1.